The molecule has 1 fully saturated rings. The third-order valence-corrected chi connectivity index (χ3v) is 4.66. The van der Waals surface area contributed by atoms with E-state index in [1.807, 2.05) is 30.3 Å². The lowest BCUT2D eigenvalue weighted by Gasteiger charge is -2.29. The summed E-state index contributed by atoms with van der Waals surface area (Å²) in [6.07, 6.45) is 4.62. The smallest absolute Gasteiger partial charge is 0.257 e. The molecule has 1 aromatic heterocycles. The monoisotopic (exact) mass is 342 g/mol. The van der Waals surface area contributed by atoms with Crippen molar-refractivity contribution >= 4 is 5.91 Å². The van der Waals surface area contributed by atoms with Gasteiger partial charge in [-0.1, -0.05) is 23.4 Å². The van der Waals surface area contributed by atoms with Gasteiger partial charge in [0.05, 0.1) is 0 Å². The van der Waals surface area contributed by atoms with Crippen LogP contribution in [-0.4, -0.2) is 47.6 Å². The van der Waals surface area contributed by atoms with Crippen molar-refractivity contribution in [1.29, 1.82) is 0 Å². The molecule has 1 amide bonds. The molecular weight excluding hydrogens is 316 g/mol. The molecule has 0 aliphatic carbocycles. The van der Waals surface area contributed by atoms with E-state index in [9.17, 15) is 4.79 Å². The number of nitrogens with one attached hydrogen (secondary N) is 1. The lowest BCUT2D eigenvalue weighted by molar-refractivity contribution is -0.121. The SMILES string of the molecule is CN1CCCC(CCC(=O)NCCc2noc(-c3ccccc3)n2)C1. The molecule has 0 saturated carbocycles. The van der Waals surface area contributed by atoms with E-state index < -0.39 is 0 Å². The molecule has 1 N–H and O–H groups in total. The Morgan fingerprint density at radius 3 is 3.00 bits per heavy atom. The summed E-state index contributed by atoms with van der Waals surface area (Å²) in [4.78, 5) is 18.7. The van der Waals surface area contributed by atoms with Crippen LogP contribution in [0.5, 0.6) is 0 Å². The van der Waals surface area contributed by atoms with Gasteiger partial charge >= 0.3 is 0 Å². The van der Waals surface area contributed by atoms with E-state index in [1.165, 1.54) is 19.4 Å². The van der Waals surface area contributed by atoms with Crippen LogP contribution in [0.2, 0.25) is 0 Å². The largest absolute Gasteiger partial charge is 0.356 e. The number of amides is 1. The van der Waals surface area contributed by atoms with Gasteiger partial charge in [0.1, 0.15) is 0 Å². The first-order valence-corrected chi connectivity index (χ1v) is 9.04. The van der Waals surface area contributed by atoms with Gasteiger partial charge in [0.25, 0.3) is 5.89 Å². The third-order valence-electron chi connectivity index (χ3n) is 4.66. The molecule has 1 saturated heterocycles. The first kappa shape index (κ1) is 17.6. The number of hydrogen-bond acceptors (Lipinski definition) is 5. The average molecular weight is 342 g/mol. The van der Waals surface area contributed by atoms with Crippen molar-refractivity contribution in [2.24, 2.45) is 5.92 Å². The van der Waals surface area contributed by atoms with E-state index in [1.54, 1.807) is 0 Å². The van der Waals surface area contributed by atoms with Gasteiger partial charge in [-0.15, -0.1) is 0 Å². The van der Waals surface area contributed by atoms with E-state index in [2.05, 4.69) is 27.4 Å². The van der Waals surface area contributed by atoms with E-state index >= 15 is 0 Å². The molecule has 1 unspecified atom stereocenters. The fraction of sp³-hybridized carbons (Fsp3) is 0.526. The highest BCUT2D eigenvalue weighted by Crippen LogP contribution is 2.19. The summed E-state index contributed by atoms with van der Waals surface area (Å²) in [6.45, 7) is 2.83. The molecule has 6 nitrogen and oxygen atoms in total. The van der Waals surface area contributed by atoms with Gasteiger partial charge in [-0.25, -0.2) is 0 Å². The summed E-state index contributed by atoms with van der Waals surface area (Å²) in [5, 5.41) is 6.93. The summed E-state index contributed by atoms with van der Waals surface area (Å²) < 4.78 is 5.27. The van der Waals surface area contributed by atoms with Crippen LogP contribution in [0.3, 0.4) is 0 Å². The maximum Gasteiger partial charge on any atom is 0.257 e. The van der Waals surface area contributed by atoms with Gasteiger partial charge in [-0.2, -0.15) is 4.98 Å². The standard InChI is InChI=1S/C19H26N4O2/c1-23-13-5-6-15(14-23)9-10-18(24)20-12-11-17-21-19(25-22-17)16-7-3-2-4-8-16/h2-4,7-8,15H,5-6,9-14H2,1H3,(H,20,24). The van der Waals surface area contributed by atoms with Gasteiger partial charge < -0.3 is 14.7 Å². The highest BCUT2D eigenvalue weighted by molar-refractivity contribution is 5.75. The van der Waals surface area contributed by atoms with Crippen LogP contribution in [-0.2, 0) is 11.2 Å². The van der Waals surface area contributed by atoms with E-state index in [-0.39, 0.29) is 5.91 Å². The molecule has 2 aromatic rings. The molecule has 1 aliphatic heterocycles. The zero-order chi connectivity index (χ0) is 17.5. The molecule has 134 valence electrons. The van der Waals surface area contributed by atoms with Crippen molar-refractivity contribution in [1.82, 2.24) is 20.4 Å². The molecule has 1 atom stereocenters. The lowest BCUT2D eigenvalue weighted by atomic mass is 9.93. The Hall–Kier alpha value is -2.21. The maximum absolute atomic E-state index is 12.0. The summed E-state index contributed by atoms with van der Waals surface area (Å²) in [5.74, 6) is 1.89. The Kier molecular flexibility index (Phi) is 6.17. The second-order valence-electron chi connectivity index (χ2n) is 6.79. The van der Waals surface area contributed by atoms with Gasteiger partial charge in [-0.3, -0.25) is 4.79 Å². The highest BCUT2D eigenvalue weighted by atomic mass is 16.5. The lowest BCUT2D eigenvalue weighted by Crippen LogP contribution is -2.33. The van der Waals surface area contributed by atoms with Gasteiger partial charge in [-0.05, 0) is 50.9 Å². The number of likely N-dealkylation sites (tertiary alicyclic amines) is 1. The van der Waals surface area contributed by atoms with Crippen molar-refractivity contribution in [3.05, 3.63) is 36.2 Å². The fourth-order valence-electron chi connectivity index (χ4n) is 3.30. The molecule has 0 bridgehead atoms. The van der Waals surface area contributed by atoms with E-state index in [4.69, 9.17) is 4.52 Å². The Morgan fingerprint density at radius 2 is 2.20 bits per heavy atom. The van der Waals surface area contributed by atoms with Crippen LogP contribution in [0.15, 0.2) is 34.9 Å². The molecule has 1 aliphatic rings. The normalized spacial score (nSPS) is 18.2. The summed E-state index contributed by atoms with van der Waals surface area (Å²) in [5.41, 5.74) is 0.905. The molecule has 0 spiro atoms. The van der Waals surface area contributed by atoms with Gasteiger partial charge in [0.15, 0.2) is 5.82 Å². The topological polar surface area (TPSA) is 71.3 Å². The highest BCUT2D eigenvalue weighted by Gasteiger charge is 2.18. The van der Waals surface area contributed by atoms with Crippen LogP contribution < -0.4 is 5.32 Å². The summed E-state index contributed by atoms with van der Waals surface area (Å²) in [7, 11) is 2.15. The Morgan fingerprint density at radius 1 is 1.36 bits per heavy atom. The van der Waals surface area contributed by atoms with Crippen LogP contribution in [0.1, 0.15) is 31.5 Å². The molecule has 1 aromatic carbocycles. The number of benzene rings is 1. The summed E-state index contributed by atoms with van der Waals surface area (Å²) in [6, 6.07) is 9.68. The Labute approximate surface area is 148 Å². The van der Waals surface area contributed by atoms with E-state index in [0.717, 1.165) is 18.5 Å². The number of aromatic nitrogens is 2. The van der Waals surface area contributed by atoms with Crippen LogP contribution in [0.25, 0.3) is 11.5 Å². The number of carbonyl (C=O) groups is 1. The predicted molar refractivity (Wildman–Crippen MR) is 95.9 cm³/mol. The Bertz CT molecular complexity index is 671. The van der Waals surface area contributed by atoms with Crippen molar-refractivity contribution in [2.75, 3.05) is 26.7 Å². The number of hydrogen-bond donors (Lipinski definition) is 1. The van der Waals surface area contributed by atoms with Crippen LogP contribution >= 0.6 is 0 Å². The van der Waals surface area contributed by atoms with E-state index in [0.29, 0.717) is 37.0 Å². The second-order valence-corrected chi connectivity index (χ2v) is 6.79. The van der Waals surface area contributed by atoms with Crippen molar-refractivity contribution in [2.45, 2.75) is 32.1 Å². The van der Waals surface area contributed by atoms with Crippen molar-refractivity contribution < 1.29 is 9.32 Å². The first-order valence-electron chi connectivity index (χ1n) is 9.04. The average Bonchev–Trinajstić information content (AvgIpc) is 3.10. The molecule has 2 heterocycles. The van der Waals surface area contributed by atoms with Crippen LogP contribution in [0.4, 0.5) is 0 Å². The quantitative estimate of drug-likeness (QED) is 0.837. The second kappa shape index (κ2) is 8.76. The van der Waals surface area contributed by atoms with Gasteiger partial charge in [0, 0.05) is 31.5 Å². The van der Waals surface area contributed by atoms with Crippen molar-refractivity contribution in [3.63, 3.8) is 0 Å². The summed E-state index contributed by atoms with van der Waals surface area (Å²) >= 11 is 0. The Balaban J connectivity index is 1.36. The van der Waals surface area contributed by atoms with Crippen molar-refractivity contribution in [3.8, 4) is 11.5 Å². The number of nitrogens with zero attached hydrogens (tertiary/aromatic N) is 3. The fourth-order valence-corrected chi connectivity index (χ4v) is 3.30. The predicted octanol–water partition coefficient (Wildman–Crippen LogP) is 2.52. The molecular formula is C19H26N4O2. The minimum atomic E-state index is 0.111. The zero-order valence-electron chi connectivity index (χ0n) is 14.8. The first-order chi connectivity index (χ1) is 12.2. The zero-order valence-corrected chi connectivity index (χ0v) is 14.8. The molecule has 0 radical (unpaired) electrons. The third kappa shape index (κ3) is 5.39. The molecule has 25 heavy (non-hydrogen) atoms. The van der Waals surface area contributed by atoms with Crippen LogP contribution in [0, 0.1) is 5.92 Å². The number of carbonyl (C=O) groups excluding carboxylic acids is 1. The maximum atomic E-state index is 12.0. The minimum Gasteiger partial charge on any atom is -0.356 e. The molecule has 3 rings (SSSR count). The number of piperidine rings is 1. The molecule has 6 heteroatoms. The van der Waals surface area contributed by atoms with Gasteiger partial charge in [0.2, 0.25) is 5.91 Å². The minimum absolute atomic E-state index is 0.111. The number of rotatable bonds is 7.